The summed E-state index contributed by atoms with van der Waals surface area (Å²) >= 11 is 0. The minimum Gasteiger partial charge on any atom is -0.397 e. The van der Waals surface area contributed by atoms with Crippen LogP contribution in [-0.2, 0) is 10.0 Å². The van der Waals surface area contributed by atoms with Crippen LogP contribution < -0.4 is 5.73 Å². The van der Waals surface area contributed by atoms with Gasteiger partial charge in [-0.3, -0.25) is 0 Å². The minimum atomic E-state index is -3.56. The SMILES string of the molecule is C=CCN(CC)S(=O)(=O)c1c(C)ccc(C)c1N. The first-order valence-electron chi connectivity index (χ1n) is 5.83. The molecule has 0 aromatic heterocycles. The van der Waals surface area contributed by atoms with Gasteiger partial charge in [-0.15, -0.1) is 6.58 Å². The number of nitrogens with two attached hydrogens (primary N) is 1. The lowest BCUT2D eigenvalue weighted by molar-refractivity contribution is 0.459. The van der Waals surface area contributed by atoms with Gasteiger partial charge in [0, 0.05) is 13.1 Å². The van der Waals surface area contributed by atoms with Crippen molar-refractivity contribution >= 4 is 15.7 Å². The summed E-state index contributed by atoms with van der Waals surface area (Å²) in [5.41, 5.74) is 7.70. The van der Waals surface area contributed by atoms with Crippen molar-refractivity contribution in [3.05, 3.63) is 35.9 Å². The van der Waals surface area contributed by atoms with Gasteiger partial charge >= 0.3 is 0 Å². The minimum absolute atomic E-state index is 0.214. The average molecular weight is 268 g/mol. The number of benzene rings is 1. The van der Waals surface area contributed by atoms with Gasteiger partial charge in [0.05, 0.1) is 5.69 Å². The molecule has 0 heterocycles. The lowest BCUT2D eigenvalue weighted by Gasteiger charge is -2.21. The molecule has 0 spiro atoms. The van der Waals surface area contributed by atoms with E-state index < -0.39 is 10.0 Å². The first kappa shape index (κ1) is 14.7. The van der Waals surface area contributed by atoms with Crippen LogP contribution in [-0.4, -0.2) is 25.8 Å². The van der Waals surface area contributed by atoms with E-state index in [1.165, 1.54) is 4.31 Å². The molecule has 0 bridgehead atoms. The fraction of sp³-hybridized carbons (Fsp3) is 0.385. The molecule has 0 unspecified atom stereocenters. The van der Waals surface area contributed by atoms with Crippen LogP contribution >= 0.6 is 0 Å². The van der Waals surface area contributed by atoms with Gasteiger partial charge < -0.3 is 5.73 Å². The molecule has 0 aliphatic rings. The summed E-state index contributed by atoms with van der Waals surface area (Å²) in [6.07, 6.45) is 1.57. The second-order valence-corrected chi connectivity index (χ2v) is 6.06. The number of aryl methyl sites for hydroxylation is 2. The maximum Gasteiger partial charge on any atom is 0.245 e. The molecule has 5 heteroatoms. The van der Waals surface area contributed by atoms with Crippen LogP contribution in [0.5, 0.6) is 0 Å². The summed E-state index contributed by atoms with van der Waals surface area (Å²) in [5, 5.41) is 0. The zero-order valence-electron chi connectivity index (χ0n) is 11.1. The van der Waals surface area contributed by atoms with Crippen molar-refractivity contribution in [2.24, 2.45) is 0 Å². The van der Waals surface area contributed by atoms with Gasteiger partial charge in [0.1, 0.15) is 4.90 Å². The molecule has 1 aromatic carbocycles. The lowest BCUT2D eigenvalue weighted by atomic mass is 10.1. The highest BCUT2D eigenvalue weighted by Gasteiger charge is 2.26. The number of likely N-dealkylation sites (N-methyl/N-ethyl adjacent to an activating group) is 1. The lowest BCUT2D eigenvalue weighted by Crippen LogP contribution is -2.32. The maximum atomic E-state index is 12.5. The largest absolute Gasteiger partial charge is 0.397 e. The van der Waals surface area contributed by atoms with E-state index in [1.54, 1.807) is 32.9 Å². The summed E-state index contributed by atoms with van der Waals surface area (Å²) in [7, 11) is -3.56. The molecule has 4 nitrogen and oxygen atoms in total. The molecule has 0 saturated carbocycles. The van der Waals surface area contributed by atoms with Crippen molar-refractivity contribution in [2.75, 3.05) is 18.8 Å². The molecule has 1 aromatic rings. The fourth-order valence-corrected chi connectivity index (χ4v) is 3.63. The van der Waals surface area contributed by atoms with Crippen LogP contribution in [0.4, 0.5) is 5.69 Å². The topological polar surface area (TPSA) is 63.4 Å². The van der Waals surface area contributed by atoms with Crippen LogP contribution in [0.25, 0.3) is 0 Å². The van der Waals surface area contributed by atoms with E-state index in [9.17, 15) is 8.42 Å². The smallest absolute Gasteiger partial charge is 0.245 e. The van der Waals surface area contributed by atoms with Crippen LogP contribution in [0.1, 0.15) is 18.1 Å². The Morgan fingerprint density at radius 1 is 1.33 bits per heavy atom. The first-order valence-corrected chi connectivity index (χ1v) is 7.27. The predicted octanol–water partition coefficient (Wildman–Crippen LogP) is 2.08. The highest BCUT2D eigenvalue weighted by Crippen LogP contribution is 2.28. The monoisotopic (exact) mass is 268 g/mol. The van der Waals surface area contributed by atoms with Crippen molar-refractivity contribution in [1.82, 2.24) is 4.31 Å². The molecular formula is C13H20N2O2S. The van der Waals surface area contributed by atoms with E-state index in [1.807, 2.05) is 6.07 Å². The van der Waals surface area contributed by atoms with Gasteiger partial charge in [-0.05, 0) is 25.0 Å². The second kappa shape index (κ2) is 5.54. The standard InChI is InChI=1S/C13H20N2O2S/c1-5-9-15(6-2)18(16,17)13-11(4)8-7-10(3)12(13)14/h5,7-8H,1,6,9,14H2,2-4H3. The zero-order chi connectivity index (χ0) is 13.9. The van der Waals surface area contributed by atoms with Crippen LogP contribution in [0.3, 0.4) is 0 Å². The number of hydrogen-bond acceptors (Lipinski definition) is 3. The third kappa shape index (κ3) is 2.57. The molecule has 0 atom stereocenters. The number of nitrogen functional groups attached to an aromatic ring is 1. The molecule has 0 fully saturated rings. The molecule has 0 aliphatic carbocycles. The summed E-state index contributed by atoms with van der Waals surface area (Å²) in [6, 6.07) is 3.60. The fourth-order valence-electron chi connectivity index (χ4n) is 1.82. The maximum absolute atomic E-state index is 12.5. The van der Waals surface area contributed by atoms with Gasteiger partial charge in [-0.25, -0.2) is 8.42 Å². The van der Waals surface area contributed by atoms with Crippen LogP contribution in [0, 0.1) is 13.8 Å². The normalized spacial score (nSPS) is 11.8. The summed E-state index contributed by atoms with van der Waals surface area (Å²) < 4.78 is 26.4. The molecule has 100 valence electrons. The van der Waals surface area contributed by atoms with E-state index in [2.05, 4.69) is 6.58 Å². The second-order valence-electron chi connectivity index (χ2n) is 4.19. The van der Waals surface area contributed by atoms with Crippen molar-refractivity contribution in [1.29, 1.82) is 0 Å². The highest BCUT2D eigenvalue weighted by atomic mass is 32.2. The van der Waals surface area contributed by atoms with Crippen molar-refractivity contribution in [2.45, 2.75) is 25.7 Å². The number of hydrogen-bond donors (Lipinski definition) is 1. The molecule has 0 aliphatic heterocycles. The van der Waals surface area contributed by atoms with Gasteiger partial charge in [0.2, 0.25) is 10.0 Å². The summed E-state index contributed by atoms with van der Waals surface area (Å²) in [5.74, 6) is 0. The van der Waals surface area contributed by atoms with E-state index in [0.717, 1.165) is 5.56 Å². The third-order valence-corrected chi connectivity index (χ3v) is 5.04. The molecule has 0 amide bonds. The Balaban J connectivity index is 3.45. The Bertz CT molecular complexity index is 550. The van der Waals surface area contributed by atoms with E-state index in [-0.39, 0.29) is 11.4 Å². The van der Waals surface area contributed by atoms with Crippen molar-refractivity contribution < 1.29 is 8.42 Å². The summed E-state index contributed by atoms with van der Waals surface area (Å²) in [4.78, 5) is 0.214. The number of anilines is 1. The first-order chi connectivity index (χ1) is 8.36. The van der Waals surface area contributed by atoms with Gasteiger partial charge in [-0.1, -0.05) is 25.1 Å². The number of nitrogens with zero attached hydrogens (tertiary/aromatic N) is 1. The van der Waals surface area contributed by atoms with Gasteiger partial charge in [-0.2, -0.15) is 4.31 Å². The van der Waals surface area contributed by atoms with E-state index in [4.69, 9.17) is 5.73 Å². The van der Waals surface area contributed by atoms with Gasteiger partial charge in [0.15, 0.2) is 0 Å². The zero-order valence-corrected chi connectivity index (χ0v) is 11.9. The summed E-state index contributed by atoms with van der Waals surface area (Å²) in [6.45, 7) is 9.61. The van der Waals surface area contributed by atoms with Crippen molar-refractivity contribution in [3.8, 4) is 0 Å². The molecule has 2 N–H and O–H groups in total. The Morgan fingerprint density at radius 2 is 1.89 bits per heavy atom. The van der Waals surface area contributed by atoms with E-state index >= 15 is 0 Å². The van der Waals surface area contributed by atoms with Crippen LogP contribution in [0.15, 0.2) is 29.7 Å². The average Bonchev–Trinajstić information content (AvgIpc) is 2.30. The molecule has 0 radical (unpaired) electrons. The number of sulfonamides is 1. The highest BCUT2D eigenvalue weighted by molar-refractivity contribution is 7.89. The third-order valence-electron chi connectivity index (χ3n) is 2.89. The Kier molecular flexibility index (Phi) is 4.53. The Hall–Kier alpha value is -1.33. The van der Waals surface area contributed by atoms with Crippen LogP contribution in [0.2, 0.25) is 0 Å². The molecule has 18 heavy (non-hydrogen) atoms. The van der Waals surface area contributed by atoms with E-state index in [0.29, 0.717) is 17.8 Å². The Labute approximate surface area is 109 Å². The predicted molar refractivity (Wildman–Crippen MR) is 75.0 cm³/mol. The number of rotatable bonds is 5. The van der Waals surface area contributed by atoms with Crippen molar-refractivity contribution in [3.63, 3.8) is 0 Å². The molecule has 0 saturated heterocycles. The quantitative estimate of drug-likeness (QED) is 0.657. The molecule has 1 rings (SSSR count). The van der Waals surface area contributed by atoms with Gasteiger partial charge in [0.25, 0.3) is 0 Å². The Morgan fingerprint density at radius 3 is 2.39 bits per heavy atom. The molecular weight excluding hydrogens is 248 g/mol.